The van der Waals surface area contributed by atoms with E-state index in [-0.39, 0.29) is 0 Å². The highest BCUT2D eigenvalue weighted by Crippen LogP contribution is 2.39. The van der Waals surface area contributed by atoms with Gasteiger partial charge >= 0.3 is 11.9 Å². The molecule has 2 heterocycles. The Balaban J connectivity index is 0.000000174. The second kappa shape index (κ2) is 19.4. The van der Waals surface area contributed by atoms with Crippen molar-refractivity contribution in [3.05, 3.63) is 184 Å². The predicted octanol–water partition coefficient (Wildman–Crippen LogP) is 11.4. The van der Waals surface area contributed by atoms with E-state index in [4.69, 9.17) is 4.74 Å². The first-order valence-corrected chi connectivity index (χ1v) is 20.7. The highest BCUT2D eigenvalue weighted by atomic mass is 32.2. The zero-order chi connectivity index (χ0) is 39.4. The van der Waals surface area contributed by atoms with E-state index in [0.29, 0.717) is 29.6 Å². The number of ether oxygens (including phenoxy) is 1. The van der Waals surface area contributed by atoms with Crippen molar-refractivity contribution in [3.8, 4) is 5.75 Å². The molecule has 0 saturated carbocycles. The van der Waals surface area contributed by atoms with Crippen molar-refractivity contribution in [1.29, 1.82) is 0 Å². The lowest BCUT2D eigenvalue weighted by molar-refractivity contribution is 0.0684. The maximum absolute atomic E-state index is 11.4. The van der Waals surface area contributed by atoms with Gasteiger partial charge in [-0.3, -0.25) is 9.97 Å². The fourth-order valence-corrected chi connectivity index (χ4v) is 9.13. The first kappa shape index (κ1) is 39.5. The lowest BCUT2D eigenvalue weighted by Gasteiger charge is -2.26. The summed E-state index contributed by atoms with van der Waals surface area (Å²) in [6.07, 6.45) is 16.7. The number of hydrogen-bond donors (Lipinski definition) is 2. The number of aryl methyl sites for hydroxylation is 4. The fraction of sp³-hybridized carbons (Fsp3) is 0.265. The summed E-state index contributed by atoms with van der Waals surface area (Å²) in [5.41, 5.74) is 9.16. The van der Waals surface area contributed by atoms with Gasteiger partial charge in [-0.1, -0.05) is 72.4 Å². The van der Waals surface area contributed by atoms with E-state index >= 15 is 0 Å². The van der Waals surface area contributed by atoms with E-state index in [1.807, 2.05) is 24.3 Å². The number of carboxylic acid groups (broad SMARTS) is 2. The van der Waals surface area contributed by atoms with Crippen LogP contribution in [0.5, 0.6) is 5.75 Å². The Morgan fingerprint density at radius 1 is 0.632 bits per heavy atom. The van der Waals surface area contributed by atoms with E-state index in [9.17, 15) is 19.8 Å². The molecule has 8 rings (SSSR count). The highest BCUT2D eigenvalue weighted by Gasteiger charge is 2.23. The van der Waals surface area contributed by atoms with Crippen LogP contribution in [0.4, 0.5) is 0 Å². The Morgan fingerprint density at radius 3 is 1.75 bits per heavy atom. The van der Waals surface area contributed by atoms with Gasteiger partial charge in [0.25, 0.3) is 0 Å². The number of aromatic carboxylic acids is 2. The molecule has 2 aromatic heterocycles. The van der Waals surface area contributed by atoms with Gasteiger partial charge in [0.1, 0.15) is 12.4 Å². The molecule has 290 valence electrons. The second-order valence-corrected chi connectivity index (χ2v) is 16.0. The Labute approximate surface area is 339 Å². The highest BCUT2D eigenvalue weighted by molar-refractivity contribution is 7.99. The number of fused-ring (bicyclic) bond motifs is 2. The molecule has 2 atom stereocenters. The summed E-state index contributed by atoms with van der Waals surface area (Å²) in [6, 6.07) is 37.1. The molecule has 8 heteroatoms. The average molecular weight is 777 g/mol. The Bertz CT molecular complexity index is 2280. The quantitative estimate of drug-likeness (QED) is 0.119. The minimum atomic E-state index is -0.883. The zero-order valence-corrected chi connectivity index (χ0v) is 32.9. The van der Waals surface area contributed by atoms with Crippen molar-refractivity contribution in [2.24, 2.45) is 0 Å². The number of aromatic nitrogens is 2. The number of benzene rings is 4. The van der Waals surface area contributed by atoms with Crippen LogP contribution in [-0.2, 0) is 32.3 Å². The first-order valence-electron chi connectivity index (χ1n) is 19.9. The van der Waals surface area contributed by atoms with Gasteiger partial charge in [-0.15, -0.1) is 0 Å². The van der Waals surface area contributed by atoms with Crippen LogP contribution in [0.15, 0.2) is 144 Å². The number of rotatable bonds is 13. The van der Waals surface area contributed by atoms with Gasteiger partial charge in [0.2, 0.25) is 0 Å². The standard InChI is InChI=1S/C25H25NO3.C24H23NO2S/c27-25(28)24-13-14-26-16-21(24)10-9-19-7-4-8-20-15-22(11-12-23(19)20)29-17-18-5-2-1-3-6-18;26-24(27)23-13-14-25-16-19(23)10-9-17-5-4-6-18-15-21(11-12-22(17)18)28-20-7-2-1-3-8-20/h1-3,5-6,11-16,19H,4,7-10,17H2,(H,27,28);1-3,7-8,11-17H,4-6,9-10H2,(H,26,27). The third-order valence-corrected chi connectivity index (χ3v) is 12.1. The number of hydrogen-bond acceptors (Lipinski definition) is 6. The van der Waals surface area contributed by atoms with E-state index in [2.05, 4.69) is 82.8 Å². The number of nitrogens with zero attached hydrogens (tertiary/aromatic N) is 2. The van der Waals surface area contributed by atoms with Crippen LogP contribution in [-0.4, -0.2) is 32.1 Å². The van der Waals surface area contributed by atoms with Gasteiger partial charge < -0.3 is 14.9 Å². The molecule has 7 nitrogen and oxygen atoms in total. The first-order chi connectivity index (χ1) is 27.9. The molecule has 0 amide bonds. The number of carboxylic acids is 2. The fourth-order valence-electron chi connectivity index (χ4n) is 8.23. The van der Waals surface area contributed by atoms with Crippen molar-refractivity contribution in [3.63, 3.8) is 0 Å². The monoisotopic (exact) mass is 776 g/mol. The van der Waals surface area contributed by atoms with Crippen LogP contribution in [0.2, 0.25) is 0 Å². The predicted molar refractivity (Wildman–Crippen MR) is 225 cm³/mol. The van der Waals surface area contributed by atoms with Crippen LogP contribution in [0.3, 0.4) is 0 Å². The molecular weight excluding hydrogens is 729 g/mol. The Kier molecular flexibility index (Phi) is 13.5. The SMILES string of the molecule is O=C(O)c1ccncc1CCC1CCCc2cc(OCc3ccccc3)ccc21.O=C(O)c1ccncc1CCC1CCCc2cc(Sc3ccccc3)ccc21. The maximum atomic E-state index is 11.4. The van der Waals surface area contributed by atoms with Crippen LogP contribution >= 0.6 is 11.8 Å². The summed E-state index contributed by atoms with van der Waals surface area (Å²) in [6.45, 7) is 0.571. The molecule has 0 fully saturated rings. The molecule has 2 unspecified atom stereocenters. The van der Waals surface area contributed by atoms with Crippen molar-refractivity contribution < 1.29 is 24.5 Å². The molecule has 0 radical (unpaired) electrons. The molecule has 0 spiro atoms. The smallest absolute Gasteiger partial charge is 0.336 e. The zero-order valence-electron chi connectivity index (χ0n) is 32.1. The van der Waals surface area contributed by atoms with Crippen molar-refractivity contribution in [2.45, 2.75) is 92.4 Å². The van der Waals surface area contributed by atoms with Crippen LogP contribution in [0, 0.1) is 0 Å². The third-order valence-electron chi connectivity index (χ3n) is 11.1. The molecule has 4 aromatic carbocycles. The van der Waals surface area contributed by atoms with Crippen LogP contribution in [0.1, 0.15) is 110 Å². The topological polar surface area (TPSA) is 110 Å². The lowest BCUT2D eigenvalue weighted by atomic mass is 9.79. The van der Waals surface area contributed by atoms with E-state index in [0.717, 1.165) is 73.8 Å². The summed E-state index contributed by atoms with van der Waals surface area (Å²) < 4.78 is 5.99. The van der Waals surface area contributed by atoms with Gasteiger partial charge in [0.05, 0.1) is 11.1 Å². The largest absolute Gasteiger partial charge is 0.489 e. The third kappa shape index (κ3) is 10.6. The molecular formula is C49H48N2O5S. The van der Waals surface area contributed by atoms with Crippen LogP contribution < -0.4 is 4.74 Å². The summed E-state index contributed by atoms with van der Waals surface area (Å²) in [7, 11) is 0. The van der Waals surface area contributed by atoms with E-state index in [1.165, 1.54) is 44.9 Å². The summed E-state index contributed by atoms with van der Waals surface area (Å²) in [5.74, 6) is 0.0921. The maximum Gasteiger partial charge on any atom is 0.336 e. The Hall–Kier alpha value is -5.73. The molecule has 0 saturated heterocycles. The van der Waals surface area contributed by atoms with Crippen LogP contribution in [0.25, 0.3) is 0 Å². The van der Waals surface area contributed by atoms with Gasteiger partial charge in [-0.05, 0) is 164 Å². The van der Waals surface area contributed by atoms with E-state index < -0.39 is 11.9 Å². The van der Waals surface area contributed by atoms with Gasteiger partial charge in [-0.25, -0.2) is 9.59 Å². The van der Waals surface area contributed by atoms with Crippen molar-refractivity contribution in [1.82, 2.24) is 9.97 Å². The van der Waals surface area contributed by atoms with Gasteiger partial charge in [0, 0.05) is 34.6 Å². The summed E-state index contributed by atoms with van der Waals surface area (Å²) in [5, 5.41) is 18.8. The normalized spacial score (nSPS) is 15.6. The molecule has 6 aromatic rings. The molecule has 2 aliphatic carbocycles. The minimum absolute atomic E-state index is 0.362. The van der Waals surface area contributed by atoms with Gasteiger partial charge in [-0.2, -0.15) is 0 Å². The summed E-state index contributed by atoms with van der Waals surface area (Å²) in [4.78, 5) is 33.6. The molecule has 57 heavy (non-hydrogen) atoms. The second-order valence-electron chi connectivity index (χ2n) is 14.8. The lowest BCUT2D eigenvalue weighted by Crippen LogP contribution is -2.12. The number of pyridine rings is 2. The molecule has 0 aliphatic heterocycles. The minimum Gasteiger partial charge on any atom is -0.489 e. The molecule has 0 bridgehead atoms. The Morgan fingerprint density at radius 2 is 1.18 bits per heavy atom. The number of carbonyl (C=O) groups is 2. The van der Waals surface area contributed by atoms with Crippen molar-refractivity contribution in [2.75, 3.05) is 0 Å². The average Bonchev–Trinajstić information content (AvgIpc) is 3.25. The van der Waals surface area contributed by atoms with E-state index in [1.54, 1.807) is 48.7 Å². The summed E-state index contributed by atoms with van der Waals surface area (Å²) >= 11 is 1.80. The van der Waals surface area contributed by atoms with Gasteiger partial charge in [0.15, 0.2) is 0 Å². The van der Waals surface area contributed by atoms with Crippen molar-refractivity contribution >= 4 is 23.7 Å². The molecule has 2 aliphatic rings. The molecule has 2 N–H and O–H groups in total.